The van der Waals surface area contributed by atoms with Gasteiger partial charge in [0, 0.05) is 19.1 Å². The zero-order chi connectivity index (χ0) is 9.60. The van der Waals surface area contributed by atoms with Crippen molar-refractivity contribution < 1.29 is 5.11 Å². The Balaban J connectivity index is 1.62. The molecule has 14 heavy (non-hydrogen) atoms. The molecule has 3 aliphatic rings. The molecule has 0 aromatic carbocycles. The third-order valence-corrected chi connectivity index (χ3v) is 4.55. The summed E-state index contributed by atoms with van der Waals surface area (Å²) >= 11 is 0. The standard InChI is InChI=1S/C12H21NO/c14-12(5-1-2-6-12)9-13-8-10-3-4-11(13)7-10/h10-11,14H,1-9H2. The van der Waals surface area contributed by atoms with E-state index in [-0.39, 0.29) is 5.60 Å². The van der Waals surface area contributed by atoms with Crippen LogP contribution in [0.5, 0.6) is 0 Å². The van der Waals surface area contributed by atoms with E-state index in [2.05, 4.69) is 4.90 Å². The van der Waals surface area contributed by atoms with Crippen LogP contribution in [0.4, 0.5) is 0 Å². The van der Waals surface area contributed by atoms with Crippen molar-refractivity contribution in [2.75, 3.05) is 13.1 Å². The van der Waals surface area contributed by atoms with Gasteiger partial charge in [-0.25, -0.2) is 0 Å². The molecule has 1 heterocycles. The second-order valence-corrected chi connectivity index (χ2v) is 5.69. The summed E-state index contributed by atoms with van der Waals surface area (Å²) in [5, 5.41) is 10.3. The highest BCUT2D eigenvalue weighted by atomic mass is 16.3. The molecule has 2 unspecified atom stereocenters. The van der Waals surface area contributed by atoms with E-state index < -0.39 is 0 Å². The number of hydrogen-bond acceptors (Lipinski definition) is 2. The van der Waals surface area contributed by atoms with Gasteiger partial charge in [0.25, 0.3) is 0 Å². The van der Waals surface area contributed by atoms with E-state index >= 15 is 0 Å². The first-order valence-electron chi connectivity index (χ1n) is 6.22. The minimum Gasteiger partial charge on any atom is -0.389 e. The Morgan fingerprint density at radius 2 is 2.00 bits per heavy atom. The van der Waals surface area contributed by atoms with Crippen LogP contribution in [0.3, 0.4) is 0 Å². The van der Waals surface area contributed by atoms with Gasteiger partial charge in [-0.1, -0.05) is 12.8 Å². The molecule has 1 aliphatic heterocycles. The summed E-state index contributed by atoms with van der Waals surface area (Å²) in [5.41, 5.74) is -0.315. The summed E-state index contributed by atoms with van der Waals surface area (Å²) in [7, 11) is 0. The Kier molecular flexibility index (Phi) is 2.10. The van der Waals surface area contributed by atoms with Crippen LogP contribution in [-0.2, 0) is 0 Å². The van der Waals surface area contributed by atoms with E-state index in [1.807, 2.05) is 0 Å². The van der Waals surface area contributed by atoms with E-state index in [1.54, 1.807) is 0 Å². The van der Waals surface area contributed by atoms with E-state index in [1.165, 1.54) is 38.6 Å². The number of nitrogens with zero attached hydrogens (tertiary/aromatic N) is 1. The Labute approximate surface area is 86.3 Å². The van der Waals surface area contributed by atoms with E-state index in [4.69, 9.17) is 0 Å². The predicted octanol–water partition coefficient (Wildman–Crippen LogP) is 1.78. The van der Waals surface area contributed by atoms with Crippen LogP contribution in [0, 0.1) is 5.92 Å². The van der Waals surface area contributed by atoms with Crippen LogP contribution in [-0.4, -0.2) is 34.7 Å². The second kappa shape index (κ2) is 3.21. The van der Waals surface area contributed by atoms with Crippen molar-refractivity contribution in [1.29, 1.82) is 0 Å². The van der Waals surface area contributed by atoms with Gasteiger partial charge in [-0.15, -0.1) is 0 Å². The van der Waals surface area contributed by atoms with Crippen LogP contribution in [0.25, 0.3) is 0 Å². The third-order valence-electron chi connectivity index (χ3n) is 4.55. The molecule has 0 aromatic rings. The molecule has 2 bridgehead atoms. The lowest BCUT2D eigenvalue weighted by Gasteiger charge is -2.34. The predicted molar refractivity (Wildman–Crippen MR) is 56.1 cm³/mol. The van der Waals surface area contributed by atoms with Crippen molar-refractivity contribution in [3.63, 3.8) is 0 Å². The molecule has 3 fully saturated rings. The van der Waals surface area contributed by atoms with Crippen LogP contribution in [0.15, 0.2) is 0 Å². The molecule has 0 spiro atoms. The molecule has 2 heteroatoms. The fourth-order valence-corrected chi connectivity index (χ4v) is 3.79. The molecule has 2 atom stereocenters. The normalized spacial score (nSPS) is 40.9. The highest BCUT2D eigenvalue weighted by Gasteiger charge is 2.42. The molecule has 2 saturated carbocycles. The Bertz CT molecular complexity index is 222. The number of β-amino-alcohol motifs (C(OH)–C–C–N with tert-alkyl or cyclic N) is 1. The number of piperidine rings is 1. The monoisotopic (exact) mass is 195 g/mol. The smallest absolute Gasteiger partial charge is 0.0774 e. The van der Waals surface area contributed by atoms with Crippen molar-refractivity contribution in [2.24, 2.45) is 5.92 Å². The largest absolute Gasteiger partial charge is 0.389 e. The van der Waals surface area contributed by atoms with Crippen molar-refractivity contribution in [3.8, 4) is 0 Å². The van der Waals surface area contributed by atoms with E-state index in [9.17, 15) is 5.11 Å². The van der Waals surface area contributed by atoms with Gasteiger partial charge in [0.1, 0.15) is 0 Å². The maximum absolute atomic E-state index is 10.3. The lowest BCUT2D eigenvalue weighted by Crippen LogP contribution is -2.44. The van der Waals surface area contributed by atoms with Crippen LogP contribution < -0.4 is 0 Å². The molecule has 1 saturated heterocycles. The number of hydrogen-bond donors (Lipinski definition) is 1. The Morgan fingerprint density at radius 1 is 1.21 bits per heavy atom. The minimum absolute atomic E-state index is 0.315. The molecule has 3 rings (SSSR count). The quantitative estimate of drug-likeness (QED) is 0.726. The zero-order valence-electron chi connectivity index (χ0n) is 8.91. The molecular formula is C12H21NO. The fraction of sp³-hybridized carbons (Fsp3) is 1.00. The first kappa shape index (κ1) is 9.17. The highest BCUT2D eigenvalue weighted by Crippen LogP contribution is 2.40. The van der Waals surface area contributed by atoms with E-state index in [0.29, 0.717) is 0 Å². The first-order valence-corrected chi connectivity index (χ1v) is 6.22. The van der Waals surface area contributed by atoms with Crippen molar-refractivity contribution >= 4 is 0 Å². The molecule has 0 aromatic heterocycles. The van der Waals surface area contributed by atoms with Crippen molar-refractivity contribution in [2.45, 2.75) is 56.6 Å². The summed E-state index contributed by atoms with van der Waals surface area (Å²) in [6.07, 6.45) is 8.80. The molecule has 0 radical (unpaired) electrons. The Hall–Kier alpha value is -0.0800. The van der Waals surface area contributed by atoms with Crippen LogP contribution >= 0.6 is 0 Å². The summed E-state index contributed by atoms with van der Waals surface area (Å²) in [5.74, 6) is 0.963. The maximum atomic E-state index is 10.3. The summed E-state index contributed by atoms with van der Waals surface area (Å²) in [6, 6.07) is 0.824. The number of fused-ring (bicyclic) bond motifs is 2. The molecular weight excluding hydrogens is 174 g/mol. The van der Waals surface area contributed by atoms with Gasteiger partial charge in [-0.3, -0.25) is 4.90 Å². The van der Waals surface area contributed by atoms with Crippen LogP contribution in [0.2, 0.25) is 0 Å². The van der Waals surface area contributed by atoms with Gasteiger partial charge < -0.3 is 5.11 Å². The minimum atomic E-state index is -0.315. The zero-order valence-corrected chi connectivity index (χ0v) is 8.91. The van der Waals surface area contributed by atoms with E-state index in [0.717, 1.165) is 31.3 Å². The SMILES string of the molecule is OC1(CN2CC3CCC2C3)CCCC1. The number of aliphatic hydroxyl groups is 1. The summed E-state index contributed by atoms with van der Waals surface area (Å²) in [6.45, 7) is 2.24. The molecule has 1 N–H and O–H groups in total. The fourth-order valence-electron chi connectivity index (χ4n) is 3.79. The molecule has 80 valence electrons. The average molecular weight is 195 g/mol. The molecule has 2 aliphatic carbocycles. The van der Waals surface area contributed by atoms with Crippen LogP contribution in [0.1, 0.15) is 44.9 Å². The van der Waals surface area contributed by atoms with Gasteiger partial charge in [-0.05, 0) is 38.0 Å². The van der Waals surface area contributed by atoms with Gasteiger partial charge in [0.2, 0.25) is 0 Å². The van der Waals surface area contributed by atoms with Gasteiger partial charge in [0.15, 0.2) is 0 Å². The highest BCUT2D eigenvalue weighted by molar-refractivity contribution is 4.96. The molecule has 2 nitrogen and oxygen atoms in total. The third kappa shape index (κ3) is 1.49. The molecule has 0 amide bonds. The van der Waals surface area contributed by atoms with Crippen molar-refractivity contribution in [1.82, 2.24) is 4.90 Å². The lowest BCUT2D eigenvalue weighted by atomic mass is 10.0. The van der Waals surface area contributed by atoms with Crippen molar-refractivity contribution in [3.05, 3.63) is 0 Å². The second-order valence-electron chi connectivity index (χ2n) is 5.69. The lowest BCUT2D eigenvalue weighted by molar-refractivity contribution is 0.000831. The van der Waals surface area contributed by atoms with Gasteiger partial charge in [-0.2, -0.15) is 0 Å². The van der Waals surface area contributed by atoms with Gasteiger partial charge >= 0.3 is 0 Å². The number of likely N-dealkylation sites (tertiary alicyclic amines) is 1. The summed E-state index contributed by atoms with van der Waals surface area (Å²) in [4.78, 5) is 2.57. The average Bonchev–Trinajstić information content (AvgIpc) is 2.80. The van der Waals surface area contributed by atoms with Gasteiger partial charge in [0.05, 0.1) is 5.60 Å². The topological polar surface area (TPSA) is 23.5 Å². The first-order chi connectivity index (χ1) is 6.75. The summed E-state index contributed by atoms with van der Waals surface area (Å²) < 4.78 is 0. The number of rotatable bonds is 2. The Morgan fingerprint density at radius 3 is 2.57 bits per heavy atom. The maximum Gasteiger partial charge on any atom is 0.0774 e.